The lowest BCUT2D eigenvalue weighted by molar-refractivity contribution is -0.236. The predicted octanol–water partition coefficient (Wildman–Crippen LogP) is 4.81. The first-order valence-electron chi connectivity index (χ1n) is 10.7. The van der Waals surface area contributed by atoms with Crippen LogP contribution in [0.15, 0.2) is 54.6 Å². The summed E-state index contributed by atoms with van der Waals surface area (Å²) in [5.74, 6) is -0.239. The summed E-state index contributed by atoms with van der Waals surface area (Å²) < 4.78 is 61.5. The Morgan fingerprint density at radius 2 is 1.58 bits per heavy atom. The summed E-state index contributed by atoms with van der Waals surface area (Å²) in [7, 11) is 0. The molecule has 2 aromatic carbocycles. The maximum absolute atomic E-state index is 13.4. The van der Waals surface area contributed by atoms with Gasteiger partial charge in [-0.25, -0.2) is 0 Å². The number of carbonyl (C=O) groups is 1. The number of anilines is 1. The van der Waals surface area contributed by atoms with E-state index in [0.717, 1.165) is 5.56 Å². The number of hydrogen-bond donors (Lipinski definition) is 0. The van der Waals surface area contributed by atoms with Crippen LogP contribution < -0.4 is 9.64 Å². The second-order valence-corrected chi connectivity index (χ2v) is 8.58. The van der Waals surface area contributed by atoms with Crippen LogP contribution in [0.25, 0.3) is 0 Å². The van der Waals surface area contributed by atoms with E-state index in [9.17, 15) is 22.4 Å². The van der Waals surface area contributed by atoms with Crippen LogP contribution in [-0.4, -0.2) is 56.1 Å². The maximum Gasteiger partial charge on any atom is 0.457 e. The molecule has 1 aliphatic heterocycles. The zero-order chi connectivity index (χ0) is 24.1. The molecule has 0 saturated carbocycles. The van der Waals surface area contributed by atoms with E-state index in [0.29, 0.717) is 38.5 Å². The number of halogens is 4. The fraction of sp³-hybridized carbons (Fsp3) is 0.458. The molecule has 0 radical (unpaired) electrons. The monoisotopic (exact) mass is 468 g/mol. The summed E-state index contributed by atoms with van der Waals surface area (Å²) in [4.78, 5) is 16.6. The Morgan fingerprint density at radius 3 is 2.21 bits per heavy atom. The van der Waals surface area contributed by atoms with Gasteiger partial charge in [0, 0.05) is 26.2 Å². The Kier molecular flexibility index (Phi) is 7.84. The van der Waals surface area contributed by atoms with Crippen LogP contribution in [0.2, 0.25) is 0 Å². The number of piperazine rings is 1. The summed E-state index contributed by atoms with van der Waals surface area (Å²) >= 11 is 0. The highest BCUT2D eigenvalue weighted by Gasteiger charge is 2.43. The Bertz CT molecular complexity index is 913. The second-order valence-electron chi connectivity index (χ2n) is 8.58. The average molecular weight is 468 g/mol. The van der Waals surface area contributed by atoms with Crippen LogP contribution in [-0.2, 0) is 16.1 Å². The van der Waals surface area contributed by atoms with Gasteiger partial charge >= 0.3 is 12.5 Å². The molecule has 180 valence electrons. The number of carbonyl (C=O) groups excluding carboxylic acids is 1. The molecule has 1 atom stereocenters. The molecule has 5 nitrogen and oxygen atoms in total. The third-order valence-corrected chi connectivity index (χ3v) is 5.41. The quantitative estimate of drug-likeness (QED) is 0.522. The summed E-state index contributed by atoms with van der Waals surface area (Å²) in [5.41, 5.74) is 0.657. The van der Waals surface area contributed by atoms with Crippen LogP contribution >= 0.6 is 0 Å². The van der Waals surface area contributed by atoms with E-state index in [1.165, 1.54) is 12.1 Å². The number of rotatable bonds is 8. The van der Waals surface area contributed by atoms with Gasteiger partial charge in [-0.2, -0.15) is 17.6 Å². The molecule has 1 amide bonds. The van der Waals surface area contributed by atoms with Gasteiger partial charge in [0.05, 0.1) is 24.3 Å². The lowest BCUT2D eigenvalue weighted by atomic mass is 9.92. The molecule has 0 spiro atoms. The largest absolute Gasteiger partial charge is 0.457 e. The van der Waals surface area contributed by atoms with Crippen LogP contribution in [0.1, 0.15) is 19.4 Å². The van der Waals surface area contributed by atoms with E-state index in [1.807, 2.05) is 44.2 Å². The van der Waals surface area contributed by atoms with E-state index in [-0.39, 0.29) is 18.3 Å². The number of ether oxygens (including phenoxy) is 2. The lowest BCUT2D eigenvalue weighted by Crippen LogP contribution is -2.53. The van der Waals surface area contributed by atoms with E-state index in [4.69, 9.17) is 4.74 Å². The third kappa shape index (κ3) is 6.60. The van der Waals surface area contributed by atoms with Gasteiger partial charge in [-0.3, -0.25) is 4.79 Å². The molecule has 1 saturated heterocycles. The molecule has 1 heterocycles. The van der Waals surface area contributed by atoms with Gasteiger partial charge in [-0.1, -0.05) is 42.5 Å². The molecule has 1 fully saturated rings. The van der Waals surface area contributed by atoms with Crippen LogP contribution in [0, 0.1) is 5.41 Å². The summed E-state index contributed by atoms with van der Waals surface area (Å²) in [6.07, 6.45) is -8.51. The van der Waals surface area contributed by atoms with Crippen molar-refractivity contribution in [1.82, 2.24) is 4.90 Å². The smallest absolute Gasteiger partial charge is 0.450 e. The van der Waals surface area contributed by atoms with Crippen molar-refractivity contribution in [2.24, 2.45) is 5.41 Å². The van der Waals surface area contributed by atoms with Crippen molar-refractivity contribution in [3.05, 3.63) is 60.2 Å². The molecule has 9 heteroatoms. The van der Waals surface area contributed by atoms with Crippen molar-refractivity contribution in [3.63, 3.8) is 0 Å². The molecular formula is C24H28F4N2O3. The van der Waals surface area contributed by atoms with Gasteiger partial charge in [-0.15, -0.1) is 0 Å². The topological polar surface area (TPSA) is 42.0 Å². The SMILES string of the molecule is CC(C)(COCc1ccccc1)C(=O)N1CCN(c2ccccc2OC(F)C(F)(F)F)CC1. The predicted molar refractivity (Wildman–Crippen MR) is 117 cm³/mol. The molecular weight excluding hydrogens is 440 g/mol. The third-order valence-electron chi connectivity index (χ3n) is 5.41. The van der Waals surface area contributed by atoms with Crippen molar-refractivity contribution in [1.29, 1.82) is 0 Å². The first kappa shape index (κ1) is 24.8. The van der Waals surface area contributed by atoms with E-state index < -0.39 is 17.9 Å². The molecule has 0 N–H and O–H groups in total. The highest BCUT2D eigenvalue weighted by atomic mass is 19.4. The molecule has 2 aromatic rings. The van der Waals surface area contributed by atoms with Gasteiger partial charge in [0.2, 0.25) is 5.91 Å². The minimum Gasteiger partial charge on any atom is -0.450 e. The van der Waals surface area contributed by atoms with Crippen molar-refractivity contribution in [2.45, 2.75) is 33.0 Å². The molecule has 0 bridgehead atoms. The molecule has 1 unspecified atom stereocenters. The number of alkyl halides is 4. The average Bonchev–Trinajstić information content (AvgIpc) is 2.79. The Balaban J connectivity index is 1.55. The minimum absolute atomic E-state index is 0.0550. The highest BCUT2D eigenvalue weighted by molar-refractivity contribution is 5.82. The molecule has 33 heavy (non-hydrogen) atoms. The number of benzene rings is 2. The molecule has 0 aromatic heterocycles. The Hall–Kier alpha value is -2.81. The highest BCUT2D eigenvalue weighted by Crippen LogP contribution is 2.33. The Labute approximate surface area is 190 Å². The van der Waals surface area contributed by atoms with Gasteiger partial charge in [0.25, 0.3) is 0 Å². The van der Waals surface area contributed by atoms with Crippen molar-refractivity contribution >= 4 is 11.6 Å². The standard InChI is InChI=1S/C24H28F4N2O3/c1-23(2,17-32-16-18-8-4-3-5-9-18)22(31)30-14-12-29(13-15-30)19-10-6-7-11-20(19)33-21(25)24(26,27)28/h3-11,21H,12-17H2,1-2H3. The van der Waals surface area contributed by atoms with Crippen LogP contribution in [0.3, 0.4) is 0 Å². The molecule has 3 rings (SSSR count). The number of para-hydroxylation sites is 2. The van der Waals surface area contributed by atoms with E-state index in [1.54, 1.807) is 21.9 Å². The second kappa shape index (κ2) is 10.4. The van der Waals surface area contributed by atoms with E-state index in [2.05, 4.69) is 4.74 Å². The number of amides is 1. The number of nitrogens with zero attached hydrogens (tertiary/aromatic N) is 2. The van der Waals surface area contributed by atoms with Gasteiger partial charge in [0.1, 0.15) is 5.75 Å². The van der Waals surface area contributed by atoms with Crippen molar-refractivity contribution < 1.29 is 31.8 Å². The maximum atomic E-state index is 13.4. The summed E-state index contributed by atoms with van der Waals surface area (Å²) in [5, 5.41) is 0. The van der Waals surface area contributed by atoms with Gasteiger partial charge in [-0.05, 0) is 31.5 Å². The fourth-order valence-electron chi connectivity index (χ4n) is 3.63. The van der Waals surface area contributed by atoms with Crippen molar-refractivity contribution in [2.75, 3.05) is 37.7 Å². The lowest BCUT2D eigenvalue weighted by Gasteiger charge is -2.39. The van der Waals surface area contributed by atoms with Crippen molar-refractivity contribution in [3.8, 4) is 5.75 Å². The minimum atomic E-state index is -5.10. The zero-order valence-electron chi connectivity index (χ0n) is 18.6. The van der Waals surface area contributed by atoms with E-state index >= 15 is 0 Å². The first-order valence-corrected chi connectivity index (χ1v) is 10.7. The summed E-state index contributed by atoms with van der Waals surface area (Å²) in [6, 6.07) is 15.7. The van der Waals surface area contributed by atoms with Crippen LogP contribution in [0.4, 0.5) is 23.2 Å². The molecule has 0 aliphatic carbocycles. The Morgan fingerprint density at radius 1 is 0.970 bits per heavy atom. The number of hydrogen-bond acceptors (Lipinski definition) is 4. The normalized spacial score (nSPS) is 15.9. The molecule has 1 aliphatic rings. The van der Waals surface area contributed by atoms with Gasteiger partial charge < -0.3 is 19.3 Å². The zero-order valence-corrected chi connectivity index (χ0v) is 18.6. The fourth-order valence-corrected chi connectivity index (χ4v) is 3.63. The first-order chi connectivity index (χ1) is 15.6. The van der Waals surface area contributed by atoms with Gasteiger partial charge in [0.15, 0.2) is 0 Å². The summed E-state index contributed by atoms with van der Waals surface area (Å²) in [6.45, 7) is 5.86. The van der Waals surface area contributed by atoms with Crippen LogP contribution in [0.5, 0.6) is 5.75 Å².